The molecule has 88 valence electrons. The first-order valence-corrected chi connectivity index (χ1v) is 5.60. The van der Waals surface area contributed by atoms with Crippen molar-refractivity contribution in [3.63, 3.8) is 0 Å². The third-order valence-electron chi connectivity index (χ3n) is 3.12. The van der Waals surface area contributed by atoms with Crippen molar-refractivity contribution >= 4 is 5.78 Å². The van der Waals surface area contributed by atoms with E-state index in [0.717, 1.165) is 17.7 Å². The zero-order valence-electron chi connectivity index (χ0n) is 10.8. The van der Waals surface area contributed by atoms with E-state index >= 15 is 0 Å². The number of ketones is 1. The zero-order valence-corrected chi connectivity index (χ0v) is 10.8. The summed E-state index contributed by atoms with van der Waals surface area (Å²) < 4.78 is 5.35. The quantitative estimate of drug-likeness (QED) is 0.779. The predicted octanol–water partition coefficient (Wildman–Crippen LogP) is 3.08. The van der Waals surface area contributed by atoms with Crippen molar-refractivity contribution in [1.82, 2.24) is 0 Å². The lowest BCUT2D eigenvalue weighted by Gasteiger charge is -2.14. The SMILES string of the molecule is COc1cc(C)c(C)cc1CC(C)C(C)=O. The van der Waals surface area contributed by atoms with E-state index in [1.54, 1.807) is 14.0 Å². The lowest BCUT2D eigenvalue weighted by Crippen LogP contribution is -2.10. The molecule has 0 N–H and O–H groups in total. The fourth-order valence-electron chi connectivity index (χ4n) is 1.67. The third-order valence-corrected chi connectivity index (χ3v) is 3.12. The largest absolute Gasteiger partial charge is 0.496 e. The van der Waals surface area contributed by atoms with Gasteiger partial charge >= 0.3 is 0 Å². The van der Waals surface area contributed by atoms with Gasteiger partial charge in [0.15, 0.2) is 0 Å². The number of ether oxygens (including phenoxy) is 1. The number of carbonyl (C=O) groups is 1. The number of methoxy groups -OCH3 is 1. The van der Waals surface area contributed by atoms with E-state index in [2.05, 4.69) is 19.9 Å². The molecule has 0 amide bonds. The summed E-state index contributed by atoms with van der Waals surface area (Å²) in [5, 5.41) is 0. The molecule has 0 radical (unpaired) electrons. The van der Waals surface area contributed by atoms with Gasteiger partial charge in [0.05, 0.1) is 7.11 Å². The number of benzene rings is 1. The predicted molar refractivity (Wildman–Crippen MR) is 66.0 cm³/mol. The Balaban J connectivity index is 3.03. The highest BCUT2D eigenvalue weighted by atomic mass is 16.5. The normalized spacial score (nSPS) is 12.3. The number of rotatable bonds is 4. The molecule has 0 saturated carbocycles. The maximum atomic E-state index is 11.3. The summed E-state index contributed by atoms with van der Waals surface area (Å²) in [5.74, 6) is 1.16. The average Bonchev–Trinajstić information content (AvgIpc) is 2.22. The third kappa shape index (κ3) is 2.84. The molecule has 1 aromatic carbocycles. The Morgan fingerprint density at radius 1 is 1.31 bits per heavy atom. The number of hydrogen-bond donors (Lipinski definition) is 0. The van der Waals surface area contributed by atoms with Gasteiger partial charge in [0, 0.05) is 5.92 Å². The first-order valence-electron chi connectivity index (χ1n) is 5.60. The summed E-state index contributed by atoms with van der Waals surface area (Å²) in [6.07, 6.45) is 0.750. The fourth-order valence-corrected chi connectivity index (χ4v) is 1.67. The second kappa shape index (κ2) is 5.15. The van der Waals surface area contributed by atoms with E-state index in [4.69, 9.17) is 4.74 Å². The Bertz CT molecular complexity index is 394. The van der Waals surface area contributed by atoms with Crippen LogP contribution in [0.5, 0.6) is 5.75 Å². The van der Waals surface area contributed by atoms with Crippen molar-refractivity contribution in [2.75, 3.05) is 7.11 Å². The van der Waals surface area contributed by atoms with Gasteiger partial charge in [0.1, 0.15) is 11.5 Å². The summed E-state index contributed by atoms with van der Waals surface area (Å²) in [7, 11) is 1.67. The molecule has 1 aromatic rings. The molecule has 0 bridgehead atoms. The standard InChI is InChI=1S/C14H20O2/c1-9-6-13(7-11(3)12(4)15)14(16-5)8-10(9)2/h6,8,11H,7H2,1-5H3. The van der Waals surface area contributed by atoms with E-state index < -0.39 is 0 Å². The van der Waals surface area contributed by atoms with Crippen molar-refractivity contribution in [2.24, 2.45) is 5.92 Å². The molecular formula is C14H20O2. The maximum Gasteiger partial charge on any atom is 0.132 e. The van der Waals surface area contributed by atoms with Crippen LogP contribution in [0.15, 0.2) is 12.1 Å². The van der Waals surface area contributed by atoms with E-state index in [1.165, 1.54) is 11.1 Å². The van der Waals surface area contributed by atoms with Crippen LogP contribution in [0.25, 0.3) is 0 Å². The Kier molecular flexibility index (Phi) is 4.11. The van der Waals surface area contributed by atoms with Gasteiger partial charge in [-0.15, -0.1) is 0 Å². The minimum atomic E-state index is 0.0519. The van der Waals surface area contributed by atoms with E-state index in [0.29, 0.717) is 0 Å². The van der Waals surface area contributed by atoms with Crippen LogP contribution in [0.3, 0.4) is 0 Å². The summed E-state index contributed by atoms with van der Waals surface area (Å²) in [6.45, 7) is 7.74. The highest BCUT2D eigenvalue weighted by Crippen LogP contribution is 2.25. The van der Waals surface area contributed by atoms with E-state index in [9.17, 15) is 4.79 Å². The minimum Gasteiger partial charge on any atom is -0.496 e. The highest BCUT2D eigenvalue weighted by molar-refractivity contribution is 5.78. The van der Waals surface area contributed by atoms with Crippen molar-refractivity contribution in [3.05, 3.63) is 28.8 Å². The molecule has 1 unspecified atom stereocenters. The average molecular weight is 220 g/mol. The topological polar surface area (TPSA) is 26.3 Å². The van der Waals surface area contributed by atoms with Gasteiger partial charge in [-0.3, -0.25) is 4.79 Å². The Morgan fingerprint density at radius 3 is 2.38 bits per heavy atom. The van der Waals surface area contributed by atoms with Crippen molar-refractivity contribution in [1.29, 1.82) is 0 Å². The lowest BCUT2D eigenvalue weighted by molar-refractivity contribution is -0.120. The molecule has 0 aliphatic carbocycles. The van der Waals surface area contributed by atoms with Gasteiger partial charge in [-0.2, -0.15) is 0 Å². The summed E-state index contributed by atoms with van der Waals surface area (Å²) >= 11 is 0. The van der Waals surface area contributed by atoms with Gasteiger partial charge in [0.25, 0.3) is 0 Å². The van der Waals surface area contributed by atoms with Gasteiger partial charge in [-0.1, -0.05) is 13.0 Å². The molecule has 2 nitrogen and oxygen atoms in total. The number of hydrogen-bond acceptors (Lipinski definition) is 2. The van der Waals surface area contributed by atoms with Crippen molar-refractivity contribution in [2.45, 2.75) is 34.1 Å². The second-order valence-electron chi connectivity index (χ2n) is 4.46. The van der Waals surface area contributed by atoms with Gasteiger partial charge in [-0.05, 0) is 49.9 Å². The molecule has 1 rings (SSSR count). The molecule has 0 aliphatic rings. The van der Waals surface area contributed by atoms with Crippen LogP contribution in [-0.4, -0.2) is 12.9 Å². The Hall–Kier alpha value is -1.31. The van der Waals surface area contributed by atoms with Crippen molar-refractivity contribution < 1.29 is 9.53 Å². The van der Waals surface area contributed by atoms with Crippen LogP contribution < -0.4 is 4.74 Å². The monoisotopic (exact) mass is 220 g/mol. The highest BCUT2D eigenvalue weighted by Gasteiger charge is 2.13. The number of carbonyl (C=O) groups excluding carboxylic acids is 1. The molecule has 0 heterocycles. The smallest absolute Gasteiger partial charge is 0.132 e. The van der Waals surface area contributed by atoms with Crippen LogP contribution in [0.4, 0.5) is 0 Å². The van der Waals surface area contributed by atoms with Crippen LogP contribution in [0.1, 0.15) is 30.5 Å². The molecule has 0 spiro atoms. The molecule has 0 aromatic heterocycles. The lowest BCUT2D eigenvalue weighted by atomic mass is 9.94. The molecule has 0 fully saturated rings. The molecule has 1 atom stereocenters. The van der Waals surface area contributed by atoms with Gasteiger partial charge in [0.2, 0.25) is 0 Å². The van der Waals surface area contributed by atoms with Gasteiger partial charge < -0.3 is 4.74 Å². The van der Waals surface area contributed by atoms with E-state index in [1.807, 2.05) is 13.0 Å². The van der Waals surface area contributed by atoms with Crippen molar-refractivity contribution in [3.8, 4) is 5.75 Å². The Labute approximate surface area is 97.6 Å². The van der Waals surface area contributed by atoms with Crippen LogP contribution in [0.2, 0.25) is 0 Å². The zero-order chi connectivity index (χ0) is 12.3. The van der Waals surface area contributed by atoms with Crippen LogP contribution in [0, 0.1) is 19.8 Å². The maximum absolute atomic E-state index is 11.3. The second-order valence-corrected chi connectivity index (χ2v) is 4.46. The van der Waals surface area contributed by atoms with E-state index in [-0.39, 0.29) is 11.7 Å². The van der Waals surface area contributed by atoms with Gasteiger partial charge in [-0.25, -0.2) is 0 Å². The number of aryl methyl sites for hydroxylation is 2. The summed E-state index contributed by atoms with van der Waals surface area (Å²) in [5.41, 5.74) is 3.58. The minimum absolute atomic E-state index is 0.0519. The molecular weight excluding hydrogens is 200 g/mol. The van der Waals surface area contributed by atoms with Crippen LogP contribution in [-0.2, 0) is 11.2 Å². The molecule has 2 heteroatoms. The first kappa shape index (κ1) is 12.8. The van der Waals surface area contributed by atoms with Crippen LogP contribution >= 0.6 is 0 Å². The molecule has 0 aliphatic heterocycles. The number of Topliss-reactive ketones (excluding diaryl/α,β-unsaturated/α-hetero) is 1. The fraction of sp³-hybridized carbons (Fsp3) is 0.500. The molecule has 0 saturated heterocycles. The first-order chi connectivity index (χ1) is 7.45. The summed E-state index contributed by atoms with van der Waals surface area (Å²) in [6, 6.07) is 4.16. The Morgan fingerprint density at radius 2 is 1.88 bits per heavy atom. The summed E-state index contributed by atoms with van der Waals surface area (Å²) in [4.78, 5) is 11.3. The molecule has 16 heavy (non-hydrogen) atoms.